The van der Waals surface area contributed by atoms with Gasteiger partial charge in [0.2, 0.25) is 0 Å². The molecule has 1 saturated carbocycles. The van der Waals surface area contributed by atoms with Gasteiger partial charge in [-0.3, -0.25) is 0 Å². The zero-order valence-corrected chi connectivity index (χ0v) is 11.3. The lowest BCUT2D eigenvalue weighted by Gasteiger charge is -2.16. The lowest BCUT2D eigenvalue weighted by molar-refractivity contribution is 0.365. The largest absolute Gasteiger partial charge is 0.0628 e. The molecule has 15 heavy (non-hydrogen) atoms. The van der Waals surface area contributed by atoms with E-state index in [0.29, 0.717) is 0 Å². The van der Waals surface area contributed by atoms with Crippen LogP contribution in [0.4, 0.5) is 0 Å². The first kappa shape index (κ1) is 13.1. The van der Waals surface area contributed by atoms with E-state index in [4.69, 9.17) is 0 Å². The fourth-order valence-electron chi connectivity index (χ4n) is 2.57. The average Bonchev–Trinajstić information content (AvgIpc) is 2.84. The zero-order chi connectivity index (χ0) is 11.3. The predicted octanol–water partition coefficient (Wildman–Crippen LogP) is 5.42. The average molecular weight is 210 g/mol. The molecule has 0 aliphatic heterocycles. The molecule has 0 atom stereocenters. The minimum absolute atomic E-state index is 0.823. The van der Waals surface area contributed by atoms with Gasteiger partial charge in [-0.2, -0.15) is 0 Å². The molecule has 0 radical (unpaired) electrons. The van der Waals surface area contributed by atoms with Crippen molar-refractivity contribution in [1.29, 1.82) is 0 Å². The molecule has 0 aromatic carbocycles. The van der Waals surface area contributed by atoms with Crippen LogP contribution in [0.1, 0.15) is 79.1 Å². The second-order valence-corrected chi connectivity index (χ2v) is 6.57. The molecule has 0 saturated heterocycles. The Hall–Kier alpha value is 0. The van der Waals surface area contributed by atoms with Crippen molar-refractivity contribution >= 4 is 0 Å². The Balaban J connectivity index is 2.06. The highest BCUT2D eigenvalue weighted by atomic mass is 14.5. The van der Waals surface area contributed by atoms with E-state index in [1.807, 2.05) is 0 Å². The highest BCUT2D eigenvalue weighted by molar-refractivity contribution is 4.92. The van der Waals surface area contributed by atoms with Crippen LogP contribution in [0.3, 0.4) is 0 Å². The van der Waals surface area contributed by atoms with E-state index in [1.165, 1.54) is 51.4 Å². The highest BCUT2D eigenvalue weighted by Crippen LogP contribution is 2.53. The van der Waals surface area contributed by atoms with Gasteiger partial charge in [0.25, 0.3) is 0 Å². The second-order valence-electron chi connectivity index (χ2n) is 6.57. The third-order valence-electron chi connectivity index (χ3n) is 3.93. The Morgan fingerprint density at radius 1 is 0.800 bits per heavy atom. The molecule has 0 amide bonds. The van der Waals surface area contributed by atoms with E-state index in [0.717, 1.165) is 17.3 Å². The van der Waals surface area contributed by atoms with Crippen LogP contribution in [-0.2, 0) is 0 Å². The van der Waals surface area contributed by atoms with Gasteiger partial charge in [0, 0.05) is 0 Å². The summed E-state index contributed by atoms with van der Waals surface area (Å²) in [6.07, 6.45) is 11.9. The van der Waals surface area contributed by atoms with E-state index in [9.17, 15) is 0 Å². The normalized spacial score (nSPS) is 18.8. The van der Waals surface area contributed by atoms with Crippen LogP contribution in [0.5, 0.6) is 0 Å². The molecule has 90 valence electrons. The van der Waals surface area contributed by atoms with E-state index >= 15 is 0 Å². The number of hydrogen-bond donors (Lipinski definition) is 0. The molecule has 0 aromatic heterocycles. The molecule has 0 spiro atoms. The quantitative estimate of drug-likeness (QED) is 0.502. The van der Waals surface area contributed by atoms with Gasteiger partial charge in [0.05, 0.1) is 0 Å². The van der Waals surface area contributed by atoms with Crippen LogP contribution in [0, 0.1) is 17.3 Å². The Kier molecular flexibility index (Phi) is 5.15. The standard InChI is InChI=1S/C15H30/c1-13(2)7-5-9-15(11-12-15)10-6-8-14(3)4/h13-14H,5-12H2,1-4H3. The van der Waals surface area contributed by atoms with Gasteiger partial charge in [-0.15, -0.1) is 0 Å². The highest BCUT2D eigenvalue weighted by Gasteiger charge is 2.40. The van der Waals surface area contributed by atoms with Crippen molar-refractivity contribution < 1.29 is 0 Å². The van der Waals surface area contributed by atoms with Gasteiger partial charge < -0.3 is 0 Å². The van der Waals surface area contributed by atoms with E-state index in [2.05, 4.69) is 27.7 Å². The van der Waals surface area contributed by atoms with Crippen molar-refractivity contribution in [1.82, 2.24) is 0 Å². The van der Waals surface area contributed by atoms with Crippen LogP contribution in [-0.4, -0.2) is 0 Å². The molecule has 0 N–H and O–H groups in total. The van der Waals surface area contributed by atoms with Crippen molar-refractivity contribution in [2.45, 2.75) is 79.1 Å². The van der Waals surface area contributed by atoms with E-state index < -0.39 is 0 Å². The molecule has 0 heteroatoms. The van der Waals surface area contributed by atoms with Crippen molar-refractivity contribution in [3.63, 3.8) is 0 Å². The Bertz CT molecular complexity index is 147. The molecule has 0 aromatic rings. The summed E-state index contributed by atoms with van der Waals surface area (Å²) in [5.74, 6) is 1.80. The molecular weight excluding hydrogens is 180 g/mol. The van der Waals surface area contributed by atoms with Crippen LogP contribution in [0.2, 0.25) is 0 Å². The maximum Gasteiger partial charge on any atom is -0.0297 e. The maximum absolute atomic E-state index is 2.35. The summed E-state index contributed by atoms with van der Waals surface area (Å²) in [7, 11) is 0. The molecule has 1 aliphatic rings. The molecule has 0 heterocycles. The molecule has 0 unspecified atom stereocenters. The topological polar surface area (TPSA) is 0 Å². The number of hydrogen-bond acceptors (Lipinski definition) is 0. The Morgan fingerprint density at radius 3 is 1.47 bits per heavy atom. The fraction of sp³-hybridized carbons (Fsp3) is 1.00. The SMILES string of the molecule is CC(C)CCCC1(CCCC(C)C)CC1. The van der Waals surface area contributed by atoms with E-state index in [-0.39, 0.29) is 0 Å². The Labute approximate surface area is 96.8 Å². The van der Waals surface area contributed by atoms with Crippen LogP contribution >= 0.6 is 0 Å². The van der Waals surface area contributed by atoms with Crippen LogP contribution < -0.4 is 0 Å². The molecular formula is C15H30. The summed E-state index contributed by atoms with van der Waals surface area (Å²) in [6.45, 7) is 9.38. The fourth-order valence-corrected chi connectivity index (χ4v) is 2.57. The van der Waals surface area contributed by atoms with Crippen molar-refractivity contribution in [3.05, 3.63) is 0 Å². The van der Waals surface area contributed by atoms with Gasteiger partial charge in [0.1, 0.15) is 0 Å². The lowest BCUT2D eigenvalue weighted by atomic mass is 9.90. The van der Waals surface area contributed by atoms with Gasteiger partial charge in [-0.05, 0) is 42.9 Å². The minimum atomic E-state index is 0.823. The van der Waals surface area contributed by atoms with E-state index in [1.54, 1.807) is 0 Å². The number of rotatable bonds is 8. The molecule has 1 rings (SSSR count). The zero-order valence-electron chi connectivity index (χ0n) is 11.3. The van der Waals surface area contributed by atoms with Gasteiger partial charge in [0.15, 0.2) is 0 Å². The van der Waals surface area contributed by atoms with Crippen LogP contribution in [0.25, 0.3) is 0 Å². The summed E-state index contributed by atoms with van der Waals surface area (Å²) in [4.78, 5) is 0. The maximum atomic E-state index is 2.35. The first-order valence-corrected chi connectivity index (χ1v) is 7.04. The third kappa shape index (κ3) is 5.58. The van der Waals surface area contributed by atoms with Crippen molar-refractivity contribution in [3.8, 4) is 0 Å². The smallest absolute Gasteiger partial charge is 0.0297 e. The molecule has 0 nitrogen and oxygen atoms in total. The van der Waals surface area contributed by atoms with Crippen molar-refractivity contribution in [2.75, 3.05) is 0 Å². The Morgan fingerprint density at radius 2 is 1.20 bits per heavy atom. The van der Waals surface area contributed by atoms with Gasteiger partial charge in [-0.25, -0.2) is 0 Å². The lowest BCUT2D eigenvalue weighted by Crippen LogP contribution is -2.02. The molecule has 0 bridgehead atoms. The summed E-state index contributed by atoms with van der Waals surface area (Å²) in [5, 5.41) is 0. The third-order valence-corrected chi connectivity index (χ3v) is 3.93. The van der Waals surface area contributed by atoms with Gasteiger partial charge >= 0.3 is 0 Å². The summed E-state index contributed by atoms with van der Waals surface area (Å²) in [6, 6.07) is 0. The first-order valence-electron chi connectivity index (χ1n) is 7.04. The summed E-state index contributed by atoms with van der Waals surface area (Å²) >= 11 is 0. The monoisotopic (exact) mass is 210 g/mol. The summed E-state index contributed by atoms with van der Waals surface area (Å²) in [5.41, 5.74) is 0.823. The minimum Gasteiger partial charge on any atom is -0.0628 e. The molecule has 1 fully saturated rings. The second kappa shape index (κ2) is 5.92. The summed E-state index contributed by atoms with van der Waals surface area (Å²) < 4.78 is 0. The van der Waals surface area contributed by atoms with Crippen molar-refractivity contribution in [2.24, 2.45) is 17.3 Å². The first-order chi connectivity index (χ1) is 7.04. The predicted molar refractivity (Wildman–Crippen MR) is 69.0 cm³/mol. The molecule has 1 aliphatic carbocycles. The van der Waals surface area contributed by atoms with Crippen LogP contribution in [0.15, 0.2) is 0 Å². The van der Waals surface area contributed by atoms with Gasteiger partial charge in [-0.1, -0.05) is 53.4 Å².